The van der Waals surface area contributed by atoms with Crippen LogP contribution in [0.3, 0.4) is 0 Å². The van der Waals surface area contributed by atoms with Crippen molar-refractivity contribution in [2.75, 3.05) is 13.1 Å². The molecule has 20 heavy (non-hydrogen) atoms. The molecule has 0 spiro atoms. The Hall–Kier alpha value is -0.350. The maximum absolute atomic E-state index is 4.52. The maximum atomic E-state index is 4.52. The van der Waals surface area contributed by atoms with Crippen LogP contribution in [0.4, 0.5) is 0 Å². The van der Waals surface area contributed by atoms with Gasteiger partial charge in [0.2, 0.25) is 0 Å². The predicted octanol–water partition coefficient (Wildman–Crippen LogP) is 4.09. The van der Waals surface area contributed by atoms with E-state index in [0.29, 0.717) is 11.3 Å². The molecular formula is C16H30BrN3. The lowest BCUT2D eigenvalue weighted by Crippen LogP contribution is -2.37. The van der Waals surface area contributed by atoms with Gasteiger partial charge in [-0.05, 0) is 60.0 Å². The zero-order valence-electron chi connectivity index (χ0n) is 13.9. The summed E-state index contributed by atoms with van der Waals surface area (Å²) in [7, 11) is 2.05. The first-order chi connectivity index (χ1) is 9.35. The summed E-state index contributed by atoms with van der Waals surface area (Å²) in [6.45, 7) is 13.4. The Labute approximate surface area is 132 Å². The van der Waals surface area contributed by atoms with Gasteiger partial charge in [-0.25, -0.2) is 0 Å². The highest BCUT2D eigenvalue weighted by Crippen LogP contribution is 2.33. The number of hydrogen-bond donors (Lipinski definition) is 1. The van der Waals surface area contributed by atoms with E-state index in [1.807, 2.05) is 11.7 Å². The summed E-state index contributed by atoms with van der Waals surface area (Å²) in [6, 6.07) is 0. The molecule has 0 aliphatic heterocycles. The second-order valence-corrected chi connectivity index (χ2v) is 7.17. The van der Waals surface area contributed by atoms with Crippen LogP contribution in [0.5, 0.6) is 0 Å². The van der Waals surface area contributed by atoms with Crippen molar-refractivity contribution in [2.45, 2.75) is 53.9 Å². The van der Waals surface area contributed by atoms with E-state index in [1.165, 1.54) is 23.0 Å². The first-order valence-corrected chi connectivity index (χ1v) is 8.53. The van der Waals surface area contributed by atoms with Gasteiger partial charge in [0.25, 0.3) is 0 Å². The molecule has 1 aromatic rings. The Balaban J connectivity index is 2.85. The Kier molecular flexibility index (Phi) is 6.73. The molecular weight excluding hydrogens is 314 g/mol. The molecule has 1 aromatic heterocycles. The quantitative estimate of drug-likeness (QED) is 0.770. The van der Waals surface area contributed by atoms with Crippen molar-refractivity contribution in [3.63, 3.8) is 0 Å². The number of hydrogen-bond acceptors (Lipinski definition) is 2. The smallest absolute Gasteiger partial charge is 0.0738 e. The Bertz CT molecular complexity index is 420. The van der Waals surface area contributed by atoms with Crippen molar-refractivity contribution in [1.82, 2.24) is 15.1 Å². The highest BCUT2D eigenvalue weighted by molar-refractivity contribution is 9.10. The van der Waals surface area contributed by atoms with Gasteiger partial charge in [-0.1, -0.05) is 27.7 Å². The van der Waals surface area contributed by atoms with Crippen molar-refractivity contribution in [3.05, 3.63) is 15.9 Å². The number of aromatic nitrogens is 2. The zero-order valence-corrected chi connectivity index (χ0v) is 15.5. The first kappa shape index (κ1) is 17.7. The fourth-order valence-corrected chi connectivity index (χ4v) is 3.14. The largest absolute Gasteiger partial charge is 0.316 e. The summed E-state index contributed by atoms with van der Waals surface area (Å²) in [5.74, 6) is 0.701. The van der Waals surface area contributed by atoms with E-state index in [0.717, 1.165) is 25.2 Å². The molecule has 0 aliphatic rings. The number of nitrogens with zero attached hydrogens (tertiary/aromatic N) is 2. The normalized spacial score (nSPS) is 12.4. The fraction of sp³-hybridized carbons (Fsp3) is 0.812. The van der Waals surface area contributed by atoms with Gasteiger partial charge in [0.15, 0.2) is 0 Å². The third-order valence-electron chi connectivity index (χ3n) is 4.36. The molecule has 0 aliphatic carbocycles. The number of halogens is 1. The monoisotopic (exact) mass is 343 g/mol. The lowest BCUT2D eigenvalue weighted by molar-refractivity contribution is 0.237. The van der Waals surface area contributed by atoms with Crippen LogP contribution in [0.1, 0.15) is 51.9 Å². The van der Waals surface area contributed by atoms with Gasteiger partial charge < -0.3 is 5.32 Å². The van der Waals surface area contributed by atoms with Crippen molar-refractivity contribution < 1.29 is 0 Å². The van der Waals surface area contributed by atoms with Crippen LogP contribution in [0.2, 0.25) is 0 Å². The van der Waals surface area contributed by atoms with Crippen LogP contribution in [0, 0.1) is 18.3 Å². The van der Waals surface area contributed by atoms with E-state index < -0.39 is 0 Å². The van der Waals surface area contributed by atoms with Crippen LogP contribution in [0.25, 0.3) is 0 Å². The molecule has 4 heteroatoms. The van der Waals surface area contributed by atoms with Gasteiger partial charge in [0.05, 0.1) is 15.9 Å². The van der Waals surface area contributed by atoms with E-state index in [1.54, 1.807) is 0 Å². The molecule has 0 saturated heterocycles. The third-order valence-corrected chi connectivity index (χ3v) is 5.39. The van der Waals surface area contributed by atoms with Crippen molar-refractivity contribution in [3.8, 4) is 0 Å². The van der Waals surface area contributed by atoms with Crippen LogP contribution >= 0.6 is 15.9 Å². The summed E-state index contributed by atoms with van der Waals surface area (Å²) < 4.78 is 3.21. The van der Waals surface area contributed by atoms with Gasteiger partial charge in [0, 0.05) is 13.6 Å². The Morgan fingerprint density at radius 1 is 1.30 bits per heavy atom. The van der Waals surface area contributed by atoms with Crippen LogP contribution in [-0.2, 0) is 13.5 Å². The van der Waals surface area contributed by atoms with Crippen molar-refractivity contribution >= 4 is 15.9 Å². The molecule has 0 aromatic carbocycles. The molecule has 1 rings (SSSR count). The van der Waals surface area contributed by atoms with Gasteiger partial charge in [-0.3, -0.25) is 4.68 Å². The van der Waals surface area contributed by atoms with Gasteiger partial charge in [-0.2, -0.15) is 5.10 Å². The molecule has 0 radical (unpaired) electrons. The van der Waals surface area contributed by atoms with Gasteiger partial charge in [0.1, 0.15) is 0 Å². The molecule has 0 unspecified atom stereocenters. The first-order valence-electron chi connectivity index (χ1n) is 7.74. The molecule has 3 nitrogen and oxygen atoms in total. The minimum atomic E-state index is 0.317. The van der Waals surface area contributed by atoms with Crippen LogP contribution < -0.4 is 5.32 Å². The van der Waals surface area contributed by atoms with Gasteiger partial charge in [-0.15, -0.1) is 0 Å². The summed E-state index contributed by atoms with van der Waals surface area (Å²) >= 11 is 3.70. The highest BCUT2D eigenvalue weighted by Gasteiger charge is 2.29. The third kappa shape index (κ3) is 4.32. The zero-order chi connectivity index (χ0) is 15.3. The maximum Gasteiger partial charge on any atom is 0.0738 e. The number of aryl methyl sites for hydroxylation is 2. The number of rotatable bonds is 8. The topological polar surface area (TPSA) is 29.9 Å². The molecule has 0 bridgehead atoms. The average Bonchev–Trinajstić information content (AvgIpc) is 2.63. The molecule has 116 valence electrons. The molecule has 1 heterocycles. The molecule has 0 atom stereocenters. The minimum absolute atomic E-state index is 0.317. The van der Waals surface area contributed by atoms with E-state index in [4.69, 9.17) is 0 Å². The highest BCUT2D eigenvalue weighted by atomic mass is 79.9. The van der Waals surface area contributed by atoms with E-state index in [9.17, 15) is 0 Å². The fourth-order valence-electron chi connectivity index (χ4n) is 2.67. The van der Waals surface area contributed by atoms with E-state index >= 15 is 0 Å². The molecule has 0 amide bonds. The van der Waals surface area contributed by atoms with Crippen molar-refractivity contribution in [1.29, 1.82) is 0 Å². The van der Waals surface area contributed by atoms with Crippen LogP contribution in [-0.4, -0.2) is 22.9 Å². The molecule has 1 N–H and O–H groups in total. The lowest BCUT2D eigenvalue weighted by atomic mass is 9.78. The summed E-state index contributed by atoms with van der Waals surface area (Å²) in [5.41, 5.74) is 2.72. The van der Waals surface area contributed by atoms with Crippen LogP contribution in [0.15, 0.2) is 4.47 Å². The summed E-state index contributed by atoms with van der Waals surface area (Å²) in [4.78, 5) is 0. The Morgan fingerprint density at radius 2 is 1.90 bits per heavy atom. The second-order valence-electron chi connectivity index (χ2n) is 6.38. The van der Waals surface area contributed by atoms with Gasteiger partial charge >= 0.3 is 0 Å². The predicted molar refractivity (Wildman–Crippen MR) is 90.1 cm³/mol. The second kappa shape index (κ2) is 7.60. The minimum Gasteiger partial charge on any atom is -0.316 e. The lowest BCUT2D eigenvalue weighted by Gasteiger charge is -2.32. The number of nitrogens with one attached hydrogen (secondary N) is 1. The molecule has 0 saturated carbocycles. The summed E-state index contributed by atoms with van der Waals surface area (Å²) in [5, 5.41) is 8.17. The van der Waals surface area contributed by atoms with Crippen molar-refractivity contribution in [2.24, 2.45) is 18.4 Å². The van der Waals surface area contributed by atoms with E-state index in [-0.39, 0.29) is 0 Å². The SMILES string of the molecule is CCC(CC)(CNCC(C)C)Cc1c(Br)c(C)nn1C. The Morgan fingerprint density at radius 3 is 2.30 bits per heavy atom. The van der Waals surface area contributed by atoms with E-state index in [2.05, 4.69) is 61.0 Å². The summed E-state index contributed by atoms with van der Waals surface area (Å²) in [6.07, 6.45) is 3.44. The average molecular weight is 344 g/mol. The standard InChI is InChI=1S/C16H30BrN3/c1-7-16(8-2,11-18-10-12(3)4)9-14-15(17)13(5)19-20(14)6/h12,18H,7-11H2,1-6H3. The molecule has 0 fully saturated rings.